The molecular formula is C13H18N4O3S. The van der Waals surface area contributed by atoms with Gasteiger partial charge in [-0.15, -0.1) is 11.3 Å². The number of thiophene rings is 1. The third kappa shape index (κ3) is 3.27. The third-order valence-corrected chi connectivity index (χ3v) is 3.90. The molecular weight excluding hydrogens is 292 g/mol. The smallest absolute Gasteiger partial charge is 0.350 e. The van der Waals surface area contributed by atoms with E-state index in [9.17, 15) is 4.79 Å². The maximum atomic E-state index is 11.8. The van der Waals surface area contributed by atoms with E-state index < -0.39 is 5.97 Å². The van der Waals surface area contributed by atoms with E-state index >= 15 is 0 Å². The average Bonchev–Trinajstić information content (AvgIpc) is 3.00. The van der Waals surface area contributed by atoms with Crippen LogP contribution < -0.4 is 15.8 Å². The van der Waals surface area contributed by atoms with Crippen molar-refractivity contribution in [3.8, 4) is 5.75 Å². The number of nitrogens with zero attached hydrogens (tertiary/aromatic N) is 2. The normalized spacial score (nSPS) is 10.4. The van der Waals surface area contributed by atoms with E-state index in [1.54, 1.807) is 17.8 Å². The lowest BCUT2D eigenvalue weighted by atomic mass is 10.3. The predicted octanol–water partition coefficient (Wildman–Crippen LogP) is 1.86. The number of aryl methyl sites for hydroxylation is 1. The van der Waals surface area contributed by atoms with E-state index in [2.05, 4.69) is 10.4 Å². The second-order valence-corrected chi connectivity index (χ2v) is 5.32. The average molecular weight is 310 g/mol. The molecule has 8 heteroatoms. The zero-order valence-corrected chi connectivity index (χ0v) is 13.0. The maximum absolute atomic E-state index is 11.8. The van der Waals surface area contributed by atoms with E-state index in [-0.39, 0.29) is 0 Å². The molecule has 0 amide bonds. The van der Waals surface area contributed by atoms with Crippen LogP contribution in [-0.4, -0.2) is 29.5 Å². The van der Waals surface area contributed by atoms with Crippen LogP contribution in [-0.2, 0) is 18.3 Å². The molecule has 0 aromatic carbocycles. The van der Waals surface area contributed by atoms with Crippen LogP contribution in [0.3, 0.4) is 0 Å². The Hall–Kier alpha value is -2.22. The summed E-state index contributed by atoms with van der Waals surface area (Å²) in [5.41, 5.74) is 7.27. The summed E-state index contributed by atoms with van der Waals surface area (Å²) in [6.45, 7) is 2.61. The SMILES string of the molecule is CCOC(=O)c1sc(NCc2cnn(C)c2)c(OC)c1N. The van der Waals surface area contributed by atoms with E-state index in [1.807, 2.05) is 13.2 Å². The Morgan fingerprint density at radius 2 is 2.33 bits per heavy atom. The highest BCUT2D eigenvalue weighted by atomic mass is 32.1. The molecule has 0 aliphatic heterocycles. The van der Waals surface area contributed by atoms with Crippen LogP contribution in [0.5, 0.6) is 5.75 Å². The highest BCUT2D eigenvalue weighted by Gasteiger charge is 2.22. The largest absolute Gasteiger partial charge is 0.492 e. The molecule has 2 aromatic rings. The van der Waals surface area contributed by atoms with E-state index in [1.165, 1.54) is 18.4 Å². The van der Waals surface area contributed by atoms with Gasteiger partial charge < -0.3 is 20.5 Å². The van der Waals surface area contributed by atoms with Crippen LogP contribution in [0.1, 0.15) is 22.2 Å². The Morgan fingerprint density at radius 3 is 2.90 bits per heavy atom. The first-order valence-electron chi connectivity index (χ1n) is 6.41. The van der Waals surface area contributed by atoms with Crippen molar-refractivity contribution in [3.63, 3.8) is 0 Å². The van der Waals surface area contributed by atoms with Crippen LogP contribution in [0.4, 0.5) is 10.7 Å². The molecule has 7 nitrogen and oxygen atoms in total. The van der Waals surface area contributed by atoms with Crippen molar-refractivity contribution in [2.24, 2.45) is 7.05 Å². The number of esters is 1. The van der Waals surface area contributed by atoms with Crippen molar-refractivity contribution in [2.45, 2.75) is 13.5 Å². The van der Waals surface area contributed by atoms with E-state index in [0.717, 1.165) is 5.56 Å². The molecule has 0 atom stereocenters. The summed E-state index contributed by atoms with van der Waals surface area (Å²) in [5, 5.41) is 8.00. The number of rotatable bonds is 6. The summed E-state index contributed by atoms with van der Waals surface area (Å²) in [6, 6.07) is 0. The standard InChI is InChI=1S/C13H18N4O3S/c1-4-20-13(18)11-9(14)10(19-3)12(21-11)15-5-8-6-16-17(2)7-8/h6-7,15H,4-5,14H2,1-3H3. The fourth-order valence-electron chi connectivity index (χ4n) is 1.84. The lowest BCUT2D eigenvalue weighted by Crippen LogP contribution is -2.05. The molecule has 0 radical (unpaired) electrons. The lowest BCUT2D eigenvalue weighted by Gasteiger charge is -2.05. The van der Waals surface area contributed by atoms with Crippen LogP contribution in [0, 0.1) is 0 Å². The van der Waals surface area contributed by atoms with Crippen LogP contribution in [0.25, 0.3) is 0 Å². The number of ether oxygens (including phenoxy) is 2. The zero-order valence-electron chi connectivity index (χ0n) is 12.2. The Morgan fingerprint density at radius 1 is 1.57 bits per heavy atom. The number of aromatic nitrogens is 2. The van der Waals surface area contributed by atoms with Gasteiger partial charge in [-0.25, -0.2) is 4.79 Å². The van der Waals surface area contributed by atoms with Gasteiger partial charge in [0.1, 0.15) is 15.6 Å². The Labute approximate surface area is 126 Å². The van der Waals surface area contributed by atoms with Gasteiger partial charge in [0.15, 0.2) is 5.75 Å². The predicted molar refractivity (Wildman–Crippen MR) is 81.8 cm³/mol. The Balaban J connectivity index is 2.18. The highest BCUT2D eigenvalue weighted by Crippen LogP contribution is 2.42. The van der Waals surface area contributed by atoms with Gasteiger partial charge in [-0.1, -0.05) is 0 Å². The number of nitrogen functional groups attached to an aromatic ring is 1. The van der Waals surface area contributed by atoms with Gasteiger partial charge >= 0.3 is 5.97 Å². The summed E-state index contributed by atoms with van der Waals surface area (Å²) in [6.07, 6.45) is 3.67. The first kappa shape index (κ1) is 15.2. The molecule has 2 heterocycles. The fraction of sp³-hybridized carbons (Fsp3) is 0.385. The van der Waals surface area contributed by atoms with Gasteiger partial charge in [0.2, 0.25) is 0 Å². The summed E-state index contributed by atoms with van der Waals surface area (Å²) in [5.74, 6) is 0.0275. The van der Waals surface area contributed by atoms with Crippen LogP contribution >= 0.6 is 11.3 Å². The molecule has 2 aromatic heterocycles. The van der Waals surface area contributed by atoms with Crippen molar-refractivity contribution in [1.29, 1.82) is 0 Å². The quantitative estimate of drug-likeness (QED) is 0.791. The van der Waals surface area contributed by atoms with Crippen molar-refractivity contribution in [2.75, 3.05) is 24.8 Å². The minimum absolute atomic E-state index is 0.301. The summed E-state index contributed by atoms with van der Waals surface area (Å²) >= 11 is 1.22. The number of carbonyl (C=O) groups is 1. The third-order valence-electron chi connectivity index (χ3n) is 2.78. The fourth-order valence-corrected chi connectivity index (χ4v) is 2.82. The second kappa shape index (κ2) is 6.49. The van der Waals surface area contributed by atoms with Gasteiger partial charge in [0.05, 0.1) is 19.9 Å². The summed E-state index contributed by atoms with van der Waals surface area (Å²) in [4.78, 5) is 12.2. The number of anilines is 2. The van der Waals surface area contributed by atoms with Gasteiger partial charge in [0, 0.05) is 25.4 Å². The molecule has 0 saturated heterocycles. The number of nitrogens with two attached hydrogens (primary N) is 1. The number of hydrogen-bond donors (Lipinski definition) is 2. The van der Waals surface area contributed by atoms with Crippen LogP contribution in [0.15, 0.2) is 12.4 Å². The maximum Gasteiger partial charge on any atom is 0.350 e. The molecule has 21 heavy (non-hydrogen) atoms. The molecule has 0 fully saturated rings. The van der Waals surface area contributed by atoms with Gasteiger partial charge in [-0.05, 0) is 6.92 Å². The molecule has 0 saturated carbocycles. The molecule has 0 aliphatic carbocycles. The van der Waals surface area contributed by atoms with Gasteiger partial charge in [0.25, 0.3) is 0 Å². The first-order valence-corrected chi connectivity index (χ1v) is 7.23. The zero-order chi connectivity index (χ0) is 15.4. The van der Waals surface area contributed by atoms with Crippen molar-refractivity contribution in [1.82, 2.24) is 9.78 Å². The van der Waals surface area contributed by atoms with Gasteiger partial charge in [-0.2, -0.15) is 5.10 Å². The molecule has 2 rings (SSSR count). The molecule has 0 aliphatic rings. The lowest BCUT2D eigenvalue weighted by molar-refractivity contribution is 0.0533. The van der Waals surface area contributed by atoms with Gasteiger partial charge in [-0.3, -0.25) is 4.68 Å². The molecule has 0 unspecified atom stereocenters. The monoisotopic (exact) mass is 310 g/mol. The minimum atomic E-state index is -0.437. The molecule has 0 spiro atoms. The van der Waals surface area contributed by atoms with E-state index in [4.69, 9.17) is 15.2 Å². The number of methoxy groups -OCH3 is 1. The Kier molecular flexibility index (Phi) is 4.69. The second-order valence-electron chi connectivity index (χ2n) is 4.30. The molecule has 3 N–H and O–H groups in total. The molecule has 114 valence electrons. The minimum Gasteiger partial charge on any atom is -0.492 e. The number of hydrogen-bond acceptors (Lipinski definition) is 7. The first-order chi connectivity index (χ1) is 10.1. The van der Waals surface area contributed by atoms with Crippen LogP contribution in [0.2, 0.25) is 0 Å². The highest BCUT2D eigenvalue weighted by molar-refractivity contribution is 7.19. The summed E-state index contributed by atoms with van der Waals surface area (Å²) < 4.78 is 12.0. The summed E-state index contributed by atoms with van der Waals surface area (Å²) in [7, 11) is 3.37. The van der Waals surface area contributed by atoms with Crippen molar-refractivity contribution >= 4 is 28.0 Å². The Bertz CT molecular complexity index is 635. The molecule has 0 bridgehead atoms. The number of carbonyl (C=O) groups excluding carboxylic acids is 1. The number of nitrogens with one attached hydrogen (secondary N) is 1. The van der Waals surface area contributed by atoms with E-state index in [0.29, 0.717) is 34.5 Å². The van der Waals surface area contributed by atoms with Crippen molar-refractivity contribution in [3.05, 3.63) is 22.8 Å². The topological polar surface area (TPSA) is 91.4 Å². The van der Waals surface area contributed by atoms with Crippen molar-refractivity contribution < 1.29 is 14.3 Å².